The molecular formula is C13H16N2O2. The van der Waals surface area contributed by atoms with Crippen molar-refractivity contribution in [3.8, 4) is 6.08 Å². The average Bonchev–Trinajstić information content (AvgIpc) is 2.82. The Morgan fingerprint density at radius 3 is 3.12 bits per heavy atom. The van der Waals surface area contributed by atoms with Crippen molar-refractivity contribution in [3.63, 3.8) is 0 Å². The summed E-state index contributed by atoms with van der Waals surface area (Å²) < 4.78 is 10.5. The van der Waals surface area contributed by atoms with Gasteiger partial charge in [0.1, 0.15) is 5.52 Å². The van der Waals surface area contributed by atoms with Crippen LogP contribution < -0.4 is 10.1 Å². The highest BCUT2D eigenvalue weighted by atomic mass is 16.6. The summed E-state index contributed by atoms with van der Waals surface area (Å²) in [6.45, 7) is 1.08. The molecule has 1 N–H and O–H groups in total. The van der Waals surface area contributed by atoms with E-state index in [0.29, 0.717) is 12.1 Å². The Balaban J connectivity index is 2.05. The number of para-hydroxylation sites is 1. The van der Waals surface area contributed by atoms with Gasteiger partial charge in [0.25, 0.3) is 0 Å². The van der Waals surface area contributed by atoms with Crippen LogP contribution in [0, 0.1) is 0 Å². The van der Waals surface area contributed by atoms with Gasteiger partial charge in [-0.15, -0.1) is 0 Å². The SMILES string of the molecule is COc1nc2c(C3CCCCN3)cccc2o1. The van der Waals surface area contributed by atoms with E-state index < -0.39 is 0 Å². The Labute approximate surface area is 100.0 Å². The van der Waals surface area contributed by atoms with E-state index in [-0.39, 0.29) is 0 Å². The number of ether oxygens (including phenoxy) is 1. The lowest BCUT2D eigenvalue weighted by Gasteiger charge is -2.23. The van der Waals surface area contributed by atoms with Gasteiger partial charge in [0.15, 0.2) is 5.58 Å². The van der Waals surface area contributed by atoms with E-state index in [1.54, 1.807) is 7.11 Å². The van der Waals surface area contributed by atoms with E-state index in [0.717, 1.165) is 24.1 Å². The molecule has 0 spiro atoms. The van der Waals surface area contributed by atoms with Crippen LogP contribution in [0.3, 0.4) is 0 Å². The van der Waals surface area contributed by atoms with Crippen LogP contribution in [-0.2, 0) is 0 Å². The lowest BCUT2D eigenvalue weighted by atomic mass is 9.97. The third-order valence-corrected chi connectivity index (χ3v) is 3.29. The molecule has 1 aromatic carbocycles. The summed E-state index contributed by atoms with van der Waals surface area (Å²) in [6.07, 6.45) is 4.02. The number of rotatable bonds is 2. The third-order valence-electron chi connectivity index (χ3n) is 3.29. The Hall–Kier alpha value is -1.55. The molecule has 1 aliphatic heterocycles. The van der Waals surface area contributed by atoms with Gasteiger partial charge in [0.2, 0.25) is 0 Å². The molecule has 1 unspecified atom stereocenters. The minimum Gasteiger partial charge on any atom is -0.453 e. The van der Waals surface area contributed by atoms with Gasteiger partial charge < -0.3 is 14.5 Å². The quantitative estimate of drug-likeness (QED) is 0.864. The van der Waals surface area contributed by atoms with Crippen molar-refractivity contribution in [2.75, 3.05) is 13.7 Å². The van der Waals surface area contributed by atoms with Crippen LogP contribution in [0.5, 0.6) is 6.08 Å². The first-order valence-corrected chi connectivity index (χ1v) is 6.05. The molecule has 0 aliphatic carbocycles. The number of methoxy groups -OCH3 is 1. The lowest BCUT2D eigenvalue weighted by molar-refractivity contribution is 0.299. The molecule has 0 amide bonds. The number of fused-ring (bicyclic) bond motifs is 1. The monoisotopic (exact) mass is 232 g/mol. The van der Waals surface area contributed by atoms with Crippen molar-refractivity contribution in [1.82, 2.24) is 10.3 Å². The number of piperidine rings is 1. The van der Waals surface area contributed by atoms with E-state index in [1.165, 1.54) is 18.4 Å². The Morgan fingerprint density at radius 1 is 1.41 bits per heavy atom. The van der Waals surface area contributed by atoms with Crippen LogP contribution in [0.15, 0.2) is 22.6 Å². The molecule has 1 saturated heterocycles. The molecule has 1 aliphatic rings. The minimum absolute atomic E-state index is 0.336. The molecule has 1 aromatic heterocycles. The second-order valence-corrected chi connectivity index (χ2v) is 4.38. The summed E-state index contributed by atoms with van der Waals surface area (Å²) in [4.78, 5) is 4.38. The van der Waals surface area contributed by atoms with Crippen LogP contribution in [-0.4, -0.2) is 18.6 Å². The predicted molar refractivity (Wildman–Crippen MR) is 65.2 cm³/mol. The second-order valence-electron chi connectivity index (χ2n) is 4.38. The van der Waals surface area contributed by atoms with Gasteiger partial charge in [-0.1, -0.05) is 18.6 Å². The van der Waals surface area contributed by atoms with Crippen LogP contribution in [0.25, 0.3) is 11.1 Å². The zero-order valence-corrected chi connectivity index (χ0v) is 9.90. The Kier molecular flexibility index (Phi) is 2.73. The fourth-order valence-electron chi connectivity index (χ4n) is 2.44. The zero-order chi connectivity index (χ0) is 11.7. The molecule has 1 fully saturated rings. The van der Waals surface area contributed by atoms with Gasteiger partial charge in [0.05, 0.1) is 7.11 Å². The number of hydrogen-bond acceptors (Lipinski definition) is 4. The van der Waals surface area contributed by atoms with Gasteiger partial charge in [-0.3, -0.25) is 0 Å². The van der Waals surface area contributed by atoms with Gasteiger partial charge in [0, 0.05) is 6.04 Å². The molecule has 90 valence electrons. The number of oxazole rings is 1. The fraction of sp³-hybridized carbons (Fsp3) is 0.462. The largest absolute Gasteiger partial charge is 0.453 e. The number of nitrogens with zero attached hydrogens (tertiary/aromatic N) is 1. The van der Waals surface area contributed by atoms with Crippen molar-refractivity contribution in [2.24, 2.45) is 0 Å². The van der Waals surface area contributed by atoms with E-state index in [4.69, 9.17) is 9.15 Å². The summed E-state index contributed by atoms with van der Waals surface area (Å²) in [5.74, 6) is 0. The summed E-state index contributed by atoms with van der Waals surface area (Å²) in [6, 6.07) is 6.45. The summed E-state index contributed by atoms with van der Waals surface area (Å²) in [7, 11) is 1.57. The maximum atomic E-state index is 5.49. The molecule has 0 bridgehead atoms. The van der Waals surface area contributed by atoms with Crippen LogP contribution in [0.2, 0.25) is 0 Å². The molecule has 17 heavy (non-hydrogen) atoms. The Bertz CT molecular complexity index is 515. The molecule has 1 atom stereocenters. The Morgan fingerprint density at radius 2 is 2.35 bits per heavy atom. The third kappa shape index (κ3) is 1.89. The molecule has 2 heterocycles. The van der Waals surface area contributed by atoms with Gasteiger partial charge in [-0.25, -0.2) is 0 Å². The van der Waals surface area contributed by atoms with E-state index >= 15 is 0 Å². The molecule has 0 saturated carbocycles. The van der Waals surface area contributed by atoms with E-state index in [1.807, 2.05) is 12.1 Å². The topological polar surface area (TPSA) is 47.3 Å². The van der Waals surface area contributed by atoms with Crippen LogP contribution in [0.1, 0.15) is 30.9 Å². The predicted octanol–water partition coefficient (Wildman–Crippen LogP) is 2.65. The highest BCUT2D eigenvalue weighted by molar-refractivity contribution is 5.77. The van der Waals surface area contributed by atoms with Crippen molar-refractivity contribution in [2.45, 2.75) is 25.3 Å². The van der Waals surface area contributed by atoms with Gasteiger partial charge in [-0.2, -0.15) is 4.98 Å². The number of benzene rings is 1. The van der Waals surface area contributed by atoms with Crippen LogP contribution >= 0.6 is 0 Å². The second kappa shape index (κ2) is 4.37. The van der Waals surface area contributed by atoms with Crippen molar-refractivity contribution in [1.29, 1.82) is 0 Å². The van der Waals surface area contributed by atoms with E-state index in [2.05, 4.69) is 16.4 Å². The van der Waals surface area contributed by atoms with Gasteiger partial charge in [-0.05, 0) is 31.0 Å². The lowest BCUT2D eigenvalue weighted by Crippen LogP contribution is -2.26. The fourth-order valence-corrected chi connectivity index (χ4v) is 2.44. The highest BCUT2D eigenvalue weighted by Gasteiger charge is 2.19. The first-order valence-electron chi connectivity index (χ1n) is 6.05. The van der Waals surface area contributed by atoms with Crippen molar-refractivity contribution in [3.05, 3.63) is 23.8 Å². The molecule has 4 heteroatoms. The number of nitrogens with one attached hydrogen (secondary N) is 1. The summed E-state index contributed by atoms with van der Waals surface area (Å²) >= 11 is 0. The first kappa shape index (κ1) is 10.6. The standard InChI is InChI=1S/C13H16N2O2/c1-16-13-15-12-9(5-4-7-11(12)17-13)10-6-2-3-8-14-10/h4-5,7,10,14H,2-3,6,8H2,1H3. The normalized spacial score (nSPS) is 20.6. The minimum atomic E-state index is 0.336. The number of hydrogen-bond donors (Lipinski definition) is 1. The number of aromatic nitrogens is 1. The average molecular weight is 232 g/mol. The molecular weight excluding hydrogens is 216 g/mol. The van der Waals surface area contributed by atoms with Crippen molar-refractivity contribution >= 4 is 11.1 Å². The highest BCUT2D eigenvalue weighted by Crippen LogP contribution is 2.30. The molecule has 4 nitrogen and oxygen atoms in total. The smallest absolute Gasteiger partial charge is 0.394 e. The molecule has 3 rings (SSSR count). The summed E-state index contributed by atoms with van der Waals surface area (Å²) in [5, 5.41) is 3.53. The first-order chi connectivity index (χ1) is 8.38. The maximum absolute atomic E-state index is 5.49. The van der Waals surface area contributed by atoms with E-state index in [9.17, 15) is 0 Å². The van der Waals surface area contributed by atoms with Crippen molar-refractivity contribution < 1.29 is 9.15 Å². The molecule has 2 aromatic rings. The maximum Gasteiger partial charge on any atom is 0.394 e. The van der Waals surface area contributed by atoms with Gasteiger partial charge >= 0.3 is 6.08 Å². The summed E-state index contributed by atoms with van der Waals surface area (Å²) in [5.41, 5.74) is 2.93. The zero-order valence-electron chi connectivity index (χ0n) is 9.90. The van der Waals surface area contributed by atoms with Crippen LogP contribution in [0.4, 0.5) is 0 Å². The molecule has 0 radical (unpaired) electrons.